The van der Waals surface area contributed by atoms with Gasteiger partial charge in [0.05, 0.1) is 39.3 Å². The van der Waals surface area contributed by atoms with E-state index in [1.807, 2.05) is 6.07 Å². The molecule has 0 radical (unpaired) electrons. The van der Waals surface area contributed by atoms with Crippen molar-refractivity contribution in [1.82, 2.24) is 14.7 Å². The summed E-state index contributed by atoms with van der Waals surface area (Å²) in [6, 6.07) is 10.4. The molecule has 1 atom stereocenters. The van der Waals surface area contributed by atoms with Gasteiger partial charge in [0.1, 0.15) is 5.82 Å². The van der Waals surface area contributed by atoms with Crippen LogP contribution in [0, 0.1) is 5.92 Å². The third kappa shape index (κ3) is 6.77. The first kappa shape index (κ1) is 22.7. The Morgan fingerprint density at radius 1 is 1.23 bits per heavy atom. The fourth-order valence-corrected chi connectivity index (χ4v) is 4.70. The molecule has 0 spiro atoms. The quantitative estimate of drug-likeness (QED) is 0.574. The highest BCUT2D eigenvalue weighted by Gasteiger charge is 2.23. The van der Waals surface area contributed by atoms with Crippen molar-refractivity contribution in [3.05, 3.63) is 41.7 Å². The van der Waals surface area contributed by atoms with Gasteiger partial charge in [-0.3, -0.25) is 4.79 Å². The Kier molecular flexibility index (Phi) is 9.08. The van der Waals surface area contributed by atoms with Crippen molar-refractivity contribution in [2.45, 2.75) is 46.0 Å². The third-order valence-corrected chi connectivity index (χ3v) is 6.77. The second kappa shape index (κ2) is 12.0. The number of benzene rings is 1. The highest BCUT2D eigenvalue weighted by atomic mass is 32.1. The first-order chi connectivity index (χ1) is 14.7. The number of hydrogen-bond donors (Lipinski definition) is 2. The van der Waals surface area contributed by atoms with E-state index in [1.165, 1.54) is 17.1 Å². The van der Waals surface area contributed by atoms with Crippen LogP contribution < -0.4 is 15.1 Å². The summed E-state index contributed by atoms with van der Waals surface area (Å²) in [5.41, 5.74) is 1.25. The maximum atomic E-state index is 12.3. The molecule has 2 aromatic rings. The number of aromatic nitrogens is 2. The van der Waals surface area contributed by atoms with Gasteiger partial charge >= 0.3 is 0 Å². The summed E-state index contributed by atoms with van der Waals surface area (Å²) in [6.07, 6.45) is 5.03. The van der Waals surface area contributed by atoms with E-state index in [0.717, 1.165) is 82.3 Å². The van der Waals surface area contributed by atoms with Gasteiger partial charge in [0, 0.05) is 23.9 Å². The summed E-state index contributed by atoms with van der Waals surface area (Å²) in [5, 5.41) is 4.20. The fourth-order valence-electron chi connectivity index (χ4n) is 3.97. The topological polar surface area (TPSA) is 62.6 Å². The summed E-state index contributed by atoms with van der Waals surface area (Å²) < 4.78 is 4.56. The average molecular weight is 431 g/mol. The molecule has 1 aliphatic heterocycles. The van der Waals surface area contributed by atoms with Gasteiger partial charge in [-0.1, -0.05) is 57.0 Å². The molecule has 1 saturated heterocycles. The molecule has 1 aliphatic rings. The molecule has 164 valence electrons. The van der Waals surface area contributed by atoms with E-state index in [-0.39, 0.29) is 11.8 Å². The molecular formula is C23H36N5OS+. The van der Waals surface area contributed by atoms with Gasteiger partial charge in [0.2, 0.25) is 11.0 Å². The van der Waals surface area contributed by atoms with Crippen molar-refractivity contribution in [2.24, 2.45) is 5.92 Å². The number of rotatable bonds is 11. The van der Waals surface area contributed by atoms with E-state index in [0.29, 0.717) is 0 Å². The van der Waals surface area contributed by atoms with Gasteiger partial charge in [-0.15, -0.1) is 0 Å². The minimum absolute atomic E-state index is 0.180. The Morgan fingerprint density at radius 3 is 2.70 bits per heavy atom. The Balaban J connectivity index is 1.37. The van der Waals surface area contributed by atoms with E-state index in [1.54, 1.807) is 4.90 Å². The molecule has 3 rings (SSSR count). The standard InChI is InChI=1S/C23H35N5OS/c1-3-5-11-20(4-2)22(29)24-12-13-27-14-16-28(17-15-27)23-25-21(26-30-23)18-19-9-7-6-8-10-19/h6-10,20H,3-5,11-18H2,1-2H3,(H,24,29)/p+1/t20-/m0/s1. The maximum Gasteiger partial charge on any atom is 0.223 e. The van der Waals surface area contributed by atoms with E-state index in [4.69, 9.17) is 4.98 Å². The highest BCUT2D eigenvalue weighted by molar-refractivity contribution is 7.09. The number of amides is 1. The maximum absolute atomic E-state index is 12.3. The van der Waals surface area contributed by atoms with Crippen LogP contribution in [0.5, 0.6) is 0 Å². The number of quaternary nitrogens is 1. The second-order valence-corrected chi connectivity index (χ2v) is 8.91. The van der Waals surface area contributed by atoms with Crippen LogP contribution in [0.2, 0.25) is 0 Å². The Hall–Kier alpha value is -1.99. The minimum Gasteiger partial charge on any atom is -0.350 e. The van der Waals surface area contributed by atoms with E-state index >= 15 is 0 Å². The number of nitrogens with one attached hydrogen (secondary N) is 2. The Labute approximate surface area is 184 Å². The minimum atomic E-state index is 0.180. The van der Waals surface area contributed by atoms with Crippen LogP contribution in [0.3, 0.4) is 0 Å². The zero-order chi connectivity index (χ0) is 21.2. The molecule has 0 aliphatic carbocycles. The number of anilines is 1. The van der Waals surface area contributed by atoms with Crippen molar-refractivity contribution in [3.63, 3.8) is 0 Å². The smallest absolute Gasteiger partial charge is 0.223 e. The van der Waals surface area contributed by atoms with Crippen LogP contribution in [0.15, 0.2) is 30.3 Å². The predicted octanol–water partition coefficient (Wildman–Crippen LogP) is 2.17. The molecule has 2 heterocycles. The molecule has 1 amide bonds. The highest BCUT2D eigenvalue weighted by Crippen LogP contribution is 2.18. The summed E-state index contributed by atoms with van der Waals surface area (Å²) in [4.78, 5) is 21.0. The largest absolute Gasteiger partial charge is 0.350 e. The zero-order valence-corrected chi connectivity index (χ0v) is 19.2. The van der Waals surface area contributed by atoms with Crippen LogP contribution in [-0.2, 0) is 11.2 Å². The lowest BCUT2D eigenvalue weighted by molar-refractivity contribution is -0.899. The van der Waals surface area contributed by atoms with E-state index < -0.39 is 0 Å². The molecule has 2 N–H and O–H groups in total. The lowest BCUT2D eigenvalue weighted by atomic mass is 9.98. The van der Waals surface area contributed by atoms with Crippen LogP contribution in [-0.4, -0.2) is 54.5 Å². The number of hydrogen-bond acceptors (Lipinski definition) is 5. The lowest BCUT2D eigenvalue weighted by Crippen LogP contribution is -3.15. The van der Waals surface area contributed by atoms with Gasteiger partial charge in [-0.2, -0.15) is 4.37 Å². The molecule has 0 saturated carbocycles. The van der Waals surface area contributed by atoms with Crippen molar-refractivity contribution in [3.8, 4) is 0 Å². The van der Waals surface area contributed by atoms with Gasteiger partial charge < -0.3 is 15.1 Å². The van der Waals surface area contributed by atoms with E-state index in [2.05, 4.69) is 52.7 Å². The summed E-state index contributed by atoms with van der Waals surface area (Å²) in [6.45, 7) is 10.2. The van der Waals surface area contributed by atoms with Gasteiger partial charge in [-0.05, 0) is 18.4 Å². The first-order valence-electron chi connectivity index (χ1n) is 11.4. The molecule has 6 nitrogen and oxygen atoms in total. The normalized spacial score (nSPS) is 15.9. The van der Waals surface area contributed by atoms with Crippen LogP contribution in [0.25, 0.3) is 0 Å². The molecule has 1 aromatic carbocycles. The molecule has 7 heteroatoms. The van der Waals surface area contributed by atoms with Gasteiger partial charge in [0.25, 0.3) is 0 Å². The average Bonchev–Trinajstić information content (AvgIpc) is 3.24. The second-order valence-electron chi connectivity index (χ2n) is 8.18. The molecule has 0 unspecified atom stereocenters. The number of unbranched alkanes of at least 4 members (excludes halogenated alkanes) is 1. The molecular weight excluding hydrogens is 394 g/mol. The van der Waals surface area contributed by atoms with Gasteiger partial charge in [-0.25, -0.2) is 4.98 Å². The van der Waals surface area contributed by atoms with Crippen molar-refractivity contribution in [2.75, 3.05) is 44.2 Å². The molecule has 0 bridgehead atoms. The van der Waals surface area contributed by atoms with Crippen LogP contribution in [0.1, 0.15) is 50.9 Å². The van der Waals surface area contributed by atoms with Gasteiger partial charge in [0.15, 0.2) is 0 Å². The lowest BCUT2D eigenvalue weighted by Gasteiger charge is -2.31. The number of carbonyl (C=O) groups is 1. The predicted molar refractivity (Wildman–Crippen MR) is 123 cm³/mol. The third-order valence-electron chi connectivity index (χ3n) is 5.95. The Bertz CT molecular complexity index is 758. The molecule has 30 heavy (non-hydrogen) atoms. The number of nitrogens with zero attached hydrogens (tertiary/aromatic N) is 3. The number of piperazine rings is 1. The zero-order valence-electron chi connectivity index (χ0n) is 18.4. The number of carbonyl (C=O) groups excluding carboxylic acids is 1. The van der Waals surface area contributed by atoms with Crippen LogP contribution in [0.4, 0.5) is 5.13 Å². The van der Waals surface area contributed by atoms with Crippen molar-refractivity contribution in [1.29, 1.82) is 0 Å². The van der Waals surface area contributed by atoms with Crippen molar-refractivity contribution >= 4 is 22.6 Å². The summed E-state index contributed by atoms with van der Waals surface area (Å²) >= 11 is 1.51. The SMILES string of the molecule is CCCC[C@H](CC)C(=O)NCC[NH+]1CCN(c2nc(Cc3ccccc3)ns2)CC1. The summed E-state index contributed by atoms with van der Waals surface area (Å²) in [5.74, 6) is 1.33. The van der Waals surface area contributed by atoms with Crippen molar-refractivity contribution < 1.29 is 9.69 Å². The summed E-state index contributed by atoms with van der Waals surface area (Å²) in [7, 11) is 0. The monoisotopic (exact) mass is 430 g/mol. The molecule has 1 fully saturated rings. The fraction of sp³-hybridized carbons (Fsp3) is 0.609. The van der Waals surface area contributed by atoms with E-state index in [9.17, 15) is 4.79 Å². The first-order valence-corrected chi connectivity index (χ1v) is 12.2. The van der Waals surface area contributed by atoms with Crippen LogP contribution >= 0.6 is 11.5 Å². The molecule has 1 aromatic heterocycles. The Morgan fingerprint density at radius 2 is 2.00 bits per heavy atom.